The van der Waals surface area contributed by atoms with Crippen molar-refractivity contribution in [1.29, 1.82) is 0 Å². The van der Waals surface area contributed by atoms with Crippen molar-refractivity contribution >= 4 is 11.8 Å². The molecule has 0 atom stereocenters. The number of amides is 1. The van der Waals surface area contributed by atoms with Gasteiger partial charge in [-0.1, -0.05) is 32.8 Å². The van der Waals surface area contributed by atoms with Crippen molar-refractivity contribution in [3.05, 3.63) is 24.3 Å². The maximum absolute atomic E-state index is 11.3. The van der Waals surface area contributed by atoms with Crippen LogP contribution in [-0.4, -0.2) is 33.3 Å². The molecule has 21 heavy (non-hydrogen) atoms. The third-order valence-corrected chi connectivity index (χ3v) is 3.87. The molecular weight excluding hydrogens is 264 g/mol. The van der Waals surface area contributed by atoms with Gasteiger partial charge in [-0.2, -0.15) is 0 Å². The van der Waals surface area contributed by atoms with E-state index in [0.29, 0.717) is 5.75 Å². The van der Waals surface area contributed by atoms with Crippen LogP contribution in [0.1, 0.15) is 39.5 Å². The molecule has 0 saturated heterocycles. The van der Waals surface area contributed by atoms with Crippen molar-refractivity contribution in [3.8, 4) is 5.75 Å². The Labute approximate surface area is 128 Å². The molecule has 0 aliphatic heterocycles. The third kappa shape index (κ3) is 5.38. The van der Waals surface area contributed by atoms with E-state index in [1.807, 2.05) is 18.2 Å². The molecule has 0 bridgehead atoms. The molecule has 0 heterocycles. The number of nitrogens with zero attached hydrogens (tertiary/aromatic N) is 1. The largest absolute Gasteiger partial charge is 0.412 e. The van der Waals surface area contributed by atoms with E-state index >= 15 is 0 Å². The van der Waals surface area contributed by atoms with Crippen molar-refractivity contribution in [3.63, 3.8) is 0 Å². The quantitative estimate of drug-likeness (QED) is 0.737. The van der Waals surface area contributed by atoms with Gasteiger partial charge < -0.3 is 10.1 Å². The van der Waals surface area contributed by atoms with Crippen molar-refractivity contribution in [2.24, 2.45) is 0 Å². The Kier molecular flexibility index (Phi) is 7.23. The summed E-state index contributed by atoms with van der Waals surface area (Å²) in [6.07, 6.45) is 4.34. The number of carbonyl (C=O) groups is 1. The zero-order chi connectivity index (χ0) is 15.7. The van der Waals surface area contributed by atoms with Crippen LogP contribution in [0.4, 0.5) is 10.5 Å². The predicted molar refractivity (Wildman–Crippen MR) is 88.8 cm³/mol. The van der Waals surface area contributed by atoms with Crippen LogP contribution in [0.5, 0.6) is 5.75 Å². The number of nitrogens with one attached hydrogen (secondary N) is 1. The molecule has 0 spiro atoms. The molecule has 4 heteroatoms. The summed E-state index contributed by atoms with van der Waals surface area (Å²) in [7, 11) is 3.83. The summed E-state index contributed by atoms with van der Waals surface area (Å²) in [6, 6.07) is 7.90. The molecule has 0 unspecified atom stereocenters. The zero-order valence-electron chi connectivity index (χ0n) is 13.8. The summed E-state index contributed by atoms with van der Waals surface area (Å²) < 4.78 is 6.14. The Morgan fingerprint density at radius 3 is 2.33 bits per heavy atom. The van der Waals surface area contributed by atoms with Crippen LogP contribution in [0.3, 0.4) is 0 Å². The standard InChI is InChI=1S/C17H28N2O2/c1-5-7-12-19(4,13-8-6-2)15-10-9-11-16(14-15)21-17(20)18-3/h9-11,14H,5-8,12-13H2,1-4H3/p+1. The normalized spacial score (nSPS) is 11.2. The molecule has 0 saturated carbocycles. The lowest BCUT2D eigenvalue weighted by molar-refractivity contribution is 0.203. The minimum absolute atomic E-state index is 0.427. The molecule has 0 aliphatic rings. The van der Waals surface area contributed by atoms with E-state index in [9.17, 15) is 4.79 Å². The lowest BCUT2D eigenvalue weighted by Gasteiger charge is -2.34. The number of quaternary nitrogens is 1. The van der Waals surface area contributed by atoms with Crippen LogP contribution in [0, 0.1) is 0 Å². The van der Waals surface area contributed by atoms with E-state index in [0.717, 1.165) is 17.6 Å². The number of rotatable bonds is 8. The minimum Gasteiger partial charge on any atom is -0.410 e. The van der Waals surface area contributed by atoms with Gasteiger partial charge in [0, 0.05) is 13.1 Å². The Bertz CT molecular complexity index is 438. The van der Waals surface area contributed by atoms with E-state index in [1.54, 1.807) is 7.05 Å². The van der Waals surface area contributed by atoms with Crippen LogP contribution in [-0.2, 0) is 0 Å². The second-order valence-electron chi connectivity index (χ2n) is 5.69. The fourth-order valence-electron chi connectivity index (χ4n) is 2.43. The van der Waals surface area contributed by atoms with Gasteiger partial charge in [0.1, 0.15) is 11.4 Å². The predicted octanol–water partition coefficient (Wildman–Crippen LogP) is 3.94. The maximum atomic E-state index is 11.3. The number of hydrogen-bond donors (Lipinski definition) is 1. The number of carbonyl (C=O) groups excluding carboxylic acids is 1. The molecule has 1 rings (SSSR count). The Morgan fingerprint density at radius 1 is 1.19 bits per heavy atom. The first-order valence-electron chi connectivity index (χ1n) is 7.90. The number of hydrogen-bond acceptors (Lipinski definition) is 2. The van der Waals surface area contributed by atoms with Gasteiger partial charge in [-0.25, -0.2) is 4.79 Å². The molecule has 1 amide bonds. The molecule has 0 aromatic heterocycles. The fraction of sp³-hybridized carbons (Fsp3) is 0.588. The first-order valence-corrected chi connectivity index (χ1v) is 7.90. The van der Waals surface area contributed by atoms with Crippen molar-refractivity contribution in [2.75, 3.05) is 27.2 Å². The van der Waals surface area contributed by atoms with Crippen LogP contribution >= 0.6 is 0 Å². The van der Waals surface area contributed by atoms with Crippen LogP contribution < -0.4 is 14.5 Å². The molecule has 1 aromatic rings. The van der Waals surface area contributed by atoms with Gasteiger partial charge in [-0.15, -0.1) is 0 Å². The first kappa shape index (κ1) is 17.5. The Balaban J connectivity index is 2.95. The highest BCUT2D eigenvalue weighted by atomic mass is 16.5. The third-order valence-electron chi connectivity index (χ3n) is 3.87. The zero-order valence-corrected chi connectivity index (χ0v) is 13.8. The van der Waals surface area contributed by atoms with Gasteiger partial charge >= 0.3 is 6.09 Å². The summed E-state index contributed by atoms with van der Waals surface area (Å²) >= 11 is 0. The monoisotopic (exact) mass is 293 g/mol. The average Bonchev–Trinajstić information content (AvgIpc) is 2.51. The molecular formula is C17H29N2O2+. The van der Waals surface area contributed by atoms with E-state index in [-0.39, 0.29) is 0 Å². The van der Waals surface area contributed by atoms with Gasteiger partial charge in [0.2, 0.25) is 0 Å². The summed E-state index contributed by atoms with van der Waals surface area (Å²) in [5, 5.41) is 2.47. The van der Waals surface area contributed by atoms with Gasteiger partial charge in [0.15, 0.2) is 0 Å². The Morgan fingerprint density at radius 2 is 1.81 bits per heavy atom. The minimum atomic E-state index is -0.427. The van der Waals surface area contributed by atoms with Gasteiger partial charge in [-0.3, -0.25) is 4.48 Å². The second kappa shape index (κ2) is 8.67. The molecule has 1 N–H and O–H groups in total. The molecule has 0 fully saturated rings. The SMILES string of the molecule is CCCC[N+](C)(CCCC)c1cccc(OC(=O)NC)c1. The topological polar surface area (TPSA) is 38.3 Å². The lowest BCUT2D eigenvalue weighted by atomic mass is 10.1. The molecule has 1 aromatic carbocycles. The number of benzene rings is 1. The van der Waals surface area contributed by atoms with E-state index in [4.69, 9.17) is 4.74 Å². The smallest absolute Gasteiger partial charge is 0.410 e. The lowest BCUT2D eigenvalue weighted by Crippen LogP contribution is -2.46. The molecule has 0 aliphatic carbocycles. The molecule has 0 radical (unpaired) electrons. The molecule has 4 nitrogen and oxygen atoms in total. The van der Waals surface area contributed by atoms with Crippen molar-refractivity contribution < 1.29 is 9.53 Å². The highest BCUT2D eigenvalue weighted by Crippen LogP contribution is 2.27. The first-order chi connectivity index (χ1) is 10.1. The van der Waals surface area contributed by atoms with Crippen LogP contribution in [0.25, 0.3) is 0 Å². The summed E-state index contributed by atoms with van der Waals surface area (Å²) in [6.45, 7) is 6.66. The van der Waals surface area contributed by atoms with Gasteiger partial charge in [-0.05, 0) is 25.0 Å². The van der Waals surface area contributed by atoms with Crippen molar-refractivity contribution in [1.82, 2.24) is 9.80 Å². The molecule has 118 valence electrons. The Hall–Kier alpha value is -1.55. The van der Waals surface area contributed by atoms with Crippen LogP contribution in [0.2, 0.25) is 0 Å². The summed E-state index contributed by atoms with van der Waals surface area (Å²) in [4.78, 5) is 11.3. The highest BCUT2D eigenvalue weighted by Gasteiger charge is 2.24. The van der Waals surface area contributed by atoms with E-state index < -0.39 is 6.09 Å². The van der Waals surface area contributed by atoms with Gasteiger partial charge in [0.25, 0.3) is 0 Å². The van der Waals surface area contributed by atoms with Crippen LogP contribution in [0.15, 0.2) is 24.3 Å². The highest BCUT2D eigenvalue weighted by molar-refractivity contribution is 5.70. The van der Waals surface area contributed by atoms with E-state index in [2.05, 4.69) is 32.3 Å². The average molecular weight is 293 g/mol. The van der Waals surface area contributed by atoms with E-state index in [1.165, 1.54) is 31.4 Å². The van der Waals surface area contributed by atoms with Crippen molar-refractivity contribution in [2.45, 2.75) is 39.5 Å². The maximum Gasteiger partial charge on any atom is 0.412 e. The number of ether oxygens (including phenoxy) is 1. The second-order valence-corrected chi connectivity index (χ2v) is 5.69. The number of unbranched alkanes of at least 4 members (excludes halogenated alkanes) is 2. The summed E-state index contributed by atoms with van der Waals surface area (Å²) in [5.41, 5.74) is 1.21. The van der Waals surface area contributed by atoms with Gasteiger partial charge in [0.05, 0.1) is 20.1 Å². The fourth-order valence-corrected chi connectivity index (χ4v) is 2.43. The summed E-state index contributed by atoms with van der Waals surface area (Å²) in [5.74, 6) is 0.601.